The summed E-state index contributed by atoms with van der Waals surface area (Å²) in [6, 6.07) is 11.6. The van der Waals surface area contributed by atoms with Gasteiger partial charge in [-0.15, -0.1) is 0 Å². The number of amides is 1. The minimum absolute atomic E-state index is 0.0802. The number of carbonyl (C=O) groups is 1. The Hall–Kier alpha value is -2.73. The van der Waals surface area contributed by atoms with Crippen molar-refractivity contribution in [3.63, 3.8) is 0 Å². The Morgan fingerprint density at radius 2 is 2.00 bits per heavy atom. The lowest BCUT2D eigenvalue weighted by molar-refractivity contribution is -0.114. The third-order valence-corrected chi connectivity index (χ3v) is 3.42. The molecule has 0 saturated carbocycles. The molecule has 0 bridgehead atoms. The van der Waals surface area contributed by atoms with Gasteiger partial charge in [0.25, 0.3) is 0 Å². The fourth-order valence-corrected chi connectivity index (χ4v) is 2.46. The topological polar surface area (TPSA) is 71.3 Å². The summed E-state index contributed by atoms with van der Waals surface area (Å²) in [5.41, 5.74) is 3.57. The van der Waals surface area contributed by atoms with Crippen LogP contribution in [0, 0.1) is 0 Å². The summed E-state index contributed by atoms with van der Waals surface area (Å²) < 4.78 is 4.84. The second-order valence-electron chi connectivity index (χ2n) is 5.55. The highest BCUT2D eigenvalue weighted by molar-refractivity contribution is 5.92. The van der Waals surface area contributed by atoms with Crippen LogP contribution < -0.4 is 5.32 Å². The second kappa shape index (κ2) is 6.58. The van der Waals surface area contributed by atoms with E-state index in [0.717, 1.165) is 34.5 Å². The van der Waals surface area contributed by atoms with Crippen LogP contribution in [-0.4, -0.2) is 28.0 Å². The number of anilines is 1. The largest absolute Gasteiger partial charge is 0.364 e. The predicted octanol–water partition coefficient (Wildman–Crippen LogP) is 2.81. The van der Waals surface area contributed by atoms with Gasteiger partial charge in [0.05, 0.1) is 16.9 Å². The number of hydrogen-bond donors (Lipinski definition) is 1. The molecule has 3 rings (SSSR count). The van der Waals surface area contributed by atoms with Crippen LogP contribution in [0.3, 0.4) is 0 Å². The number of nitrogens with one attached hydrogen (secondary N) is 1. The number of benzene rings is 1. The third-order valence-electron chi connectivity index (χ3n) is 3.42. The lowest BCUT2D eigenvalue weighted by Gasteiger charge is -2.14. The number of carbonyl (C=O) groups excluding carboxylic acids is 1. The standard InChI is InChI=1S/C17H18N4O2/c1-12(22)18-14-5-6-17-13(9-14)3-4-15(19-17)10-21(2)11-16-7-8-23-20-16/h3-9H,10-11H2,1-2H3,(H,18,22). The molecule has 23 heavy (non-hydrogen) atoms. The minimum atomic E-state index is -0.0802. The Morgan fingerprint density at radius 3 is 2.74 bits per heavy atom. The first-order valence-electron chi connectivity index (χ1n) is 7.35. The summed E-state index contributed by atoms with van der Waals surface area (Å²) in [6.45, 7) is 2.92. The first-order valence-corrected chi connectivity index (χ1v) is 7.35. The van der Waals surface area contributed by atoms with E-state index in [2.05, 4.69) is 20.4 Å². The Morgan fingerprint density at radius 1 is 1.17 bits per heavy atom. The Labute approximate surface area is 134 Å². The van der Waals surface area contributed by atoms with Crippen LogP contribution in [0.1, 0.15) is 18.3 Å². The fourth-order valence-electron chi connectivity index (χ4n) is 2.46. The first kappa shape index (κ1) is 15.2. The zero-order valence-corrected chi connectivity index (χ0v) is 13.1. The van der Waals surface area contributed by atoms with Crippen molar-refractivity contribution in [1.82, 2.24) is 15.0 Å². The zero-order chi connectivity index (χ0) is 16.2. The molecule has 0 aliphatic rings. The number of fused-ring (bicyclic) bond motifs is 1. The maximum absolute atomic E-state index is 11.1. The molecule has 0 aliphatic heterocycles. The Kier molecular flexibility index (Phi) is 4.34. The SMILES string of the molecule is CC(=O)Nc1ccc2nc(CN(C)Cc3ccon3)ccc2c1. The molecular formula is C17H18N4O2. The molecule has 2 heterocycles. The highest BCUT2D eigenvalue weighted by Crippen LogP contribution is 2.19. The van der Waals surface area contributed by atoms with Gasteiger partial charge < -0.3 is 9.84 Å². The maximum Gasteiger partial charge on any atom is 0.221 e. The summed E-state index contributed by atoms with van der Waals surface area (Å²) in [7, 11) is 2.01. The van der Waals surface area contributed by atoms with Gasteiger partial charge in [0.1, 0.15) is 6.26 Å². The van der Waals surface area contributed by atoms with Crippen molar-refractivity contribution in [3.05, 3.63) is 54.0 Å². The van der Waals surface area contributed by atoms with Gasteiger partial charge in [0.15, 0.2) is 0 Å². The van der Waals surface area contributed by atoms with Gasteiger partial charge in [-0.2, -0.15) is 0 Å². The molecular weight excluding hydrogens is 292 g/mol. The molecule has 6 heteroatoms. The van der Waals surface area contributed by atoms with Crippen molar-refractivity contribution in [2.24, 2.45) is 0 Å². The average Bonchev–Trinajstić information content (AvgIpc) is 2.99. The van der Waals surface area contributed by atoms with Crippen LogP contribution in [0.2, 0.25) is 0 Å². The number of aromatic nitrogens is 2. The molecule has 0 radical (unpaired) electrons. The lowest BCUT2D eigenvalue weighted by atomic mass is 10.1. The van der Waals surface area contributed by atoms with Crippen LogP contribution >= 0.6 is 0 Å². The van der Waals surface area contributed by atoms with Gasteiger partial charge in [-0.05, 0) is 31.3 Å². The Balaban J connectivity index is 1.73. The normalized spacial score (nSPS) is 11.1. The van der Waals surface area contributed by atoms with E-state index in [1.165, 1.54) is 6.92 Å². The highest BCUT2D eigenvalue weighted by Gasteiger charge is 2.06. The molecule has 1 amide bonds. The minimum Gasteiger partial charge on any atom is -0.364 e. The van der Waals surface area contributed by atoms with Gasteiger partial charge in [0.2, 0.25) is 5.91 Å². The molecule has 0 saturated heterocycles. The van der Waals surface area contributed by atoms with Crippen molar-refractivity contribution in [2.45, 2.75) is 20.0 Å². The van der Waals surface area contributed by atoms with Gasteiger partial charge in [-0.3, -0.25) is 14.7 Å². The van der Waals surface area contributed by atoms with Crippen molar-refractivity contribution < 1.29 is 9.32 Å². The molecule has 2 aromatic heterocycles. The number of nitrogens with zero attached hydrogens (tertiary/aromatic N) is 3. The van der Waals surface area contributed by atoms with E-state index in [-0.39, 0.29) is 5.91 Å². The number of hydrogen-bond acceptors (Lipinski definition) is 5. The Bertz CT molecular complexity index is 815. The van der Waals surface area contributed by atoms with E-state index in [1.54, 1.807) is 6.26 Å². The zero-order valence-electron chi connectivity index (χ0n) is 13.1. The summed E-state index contributed by atoms with van der Waals surface area (Å²) in [5, 5.41) is 7.69. The number of pyridine rings is 1. The van der Waals surface area contributed by atoms with E-state index in [1.807, 2.05) is 43.4 Å². The van der Waals surface area contributed by atoms with Crippen molar-refractivity contribution in [3.8, 4) is 0 Å². The van der Waals surface area contributed by atoms with Crippen molar-refractivity contribution >= 4 is 22.5 Å². The van der Waals surface area contributed by atoms with Crippen LogP contribution in [0.25, 0.3) is 10.9 Å². The molecule has 0 unspecified atom stereocenters. The second-order valence-corrected chi connectivity index (χ2v) is 5.55. The van der Waals surface area contributed by atoms with Crippen molar-refractivity contribution in [1.29, 1.82) is 0 Å². The summed E-state index contributed by atoms with van der Waals surface area (Å²) >= 11 is 0. The lowest BCUT2D eigenvalue weighted by Crippen LogP contribution is -2.18. The molecule has 0 atom stereocenters. The highest BCUT2D eigenvalue weighted by atomic mass is 16.5. The molecule has 118 valence electrons. The quantitative estimate of drug-likeness (QED) is 0.784. The van der Waals surface area contributed by atoms with E-state index in [9.17, 15) is 4.79 Å². The fraction of sp³-hybridized carbons (Fsp3) is 0.235. The van der Waals surface area contributed by atoms with Crippen LogP contribution in [0.4, 0.5) is 5.69 Å². The smallest absolute Gasteiger partial charge is 0.221 e. The van der Waals surface area contributed by atoms with Gasteiger partial charge in [0, 0.05) is 37.2 Å². The molecule has 1 aromatic carbocycles. The summed E-state index contributed by atoms with van der Waals surface area (Å²) in [6.07, 6.45) is 1.57. The van der Waals surface area contributed by atoms with E-state index in [4.69, 9.17) is 4.52 Å². The molecule has 0 fully saturated rings. The summed E-state index contributed by atoms with van der Waals surface area (Å²) in [4.78, 5) is 17.9. The number of rotatable bonds is 5. The van der Waals surface area contributed by atoms with Gasteiger partial charge >= 0.3 is 0 Å². The monoisotopic (exact) mass is 310 g/mol. The van der Waals surface area contributed by atoms with Crippen LogP contribution in [0.15, 0.2) is 47.2 Å². The first-order chi connectivity index (χ1) is 11.1. The van der Waals surface area contributed by atoms with Gasteiger partial charge in [-0.1, -0.05) is 11.2 Å². The van der Waals surface area contributed by atoms with Gasteiger partial charge in [-0.25, -0.2) is 0 Å². The average molecular weight is 310 g/mol. The summed E-state index contributed by atoms with van der Waals surface area (Å²) in [5.74, 6) is -0.0802. The molecule has 0 spiro atoms. The van der Waals surface area contributed by atoms with Crippen LogP contribution in [0.5, 0.6) is 0 Å². The molecule has 6 nitrogen and oxygen atoms in total. The molecule has 0 aliphatic carbocycles. The predicted molar refractivity (Wildman–Crippen MR) is 87.7 cm³/mol. The van der Waals surface area contributed by atoms with Crippen molar-refractivity contribution in [2.75, 3.05) is 12.4 Å². The molecule has 3 aromatic rings. The molecule has 1 N–H and O–H groups in total. The van der Waals surface area contributed by atoms with Crippen LogP contribution in [-0.2, 0) is 17.9 Å². The van der Waals surface area contributed by atoms with E-state index in [0.29, 0.717) is 6.54 Å². The maximum atomic E-state index is 11.1. The van der Waals surface area contributed by atoms with E-state index >= 15 is 0 Å². The third kappa shape index (κ3) is 3.92. The van der Waals surface area contributed by atoms with E-state index < -0.39 is 0 Å².